The molecule has 9 heteroatoms. The van der Waals surface area contributed by atoms with Crippen molar-refractivity contribution in [1.82, 2.24) is 30.1 Å². The van der Waals surface area contributed by atoms with E-state index in [9.17, 15) is 4.79 Å². The van der Waals surface area contributed by atoms with Gasteiger partial charge in [-0.05, 0) is 43.5 Å². The van der Waals surface area contributed by atoms with Crippen molar-refractivity contribution >= 4 is 28.1 Å². The van der Waals surface area contributed by atoms with Gasteiger partial charge in [0.1, 0.15) is 0 Å². The van der Waals surface area contributed by atoms with E-state index in [-0.39, 0.29) is 5.91 Å². The fourth-order valence-electron chi connectivity index (χ4n) is 3.93. The summed E-state index contributed by atoms with van der Waals surface area (Å²) in [7, 11) is 0. The number of nitrogens with one attached hydrogen (secondary N) is 1. The highest BCUT2D eigenvalue weighted by Crippen LogP contribution is 2.22. The highest BCUT2D eigenvalue weighted by atomic mass is 32.1. The number of carbonyl (C=O) groups excluding carboxylic acids is 1. The van der Waals surface area contributed by atoms with Crippen LogP contribution in [-0.4, -0.2) is 68.8 Å². The summed E-state index contributed by atoms with van der Waals surface area (Å²) in [6, 6.07) is 9.98. The number of H-pyrrole nitrogens is 1. The lowest BCUT2D eigenvalue weighted by molar-refractivity contribution is 0.0631. The van der Waals surface area contributed by atoms with Crippen molar-refractivity contribution in [2.24, 2.45) is 0 Å². The lowest BCUT2D eigenvalue weighted by atomic mass is 10.1. The van der Waals surface area contributed by atoms with Gasteiger partial charge >= 0.3 is 0 Å². The number of aromatic nitrogens is 4. The third-order valence-corrected chi connectivity index (χ3v) is 6.52. The van der Waals surface area contributed by atoms with Gasteiger partial charge in [0.05, 0.1) is 10.4 Å². The van der Waals surface area contributed by atoms with Crippen LogP contribution in [0.3, 0.4) is 0 Å². The number of rotatable bonds is 6. The van der Waals surface area contributed by atoms with Crippen LogP contribution in [0.4, 0.5) is 0 Å². The summed E-state index contributed by atoms with van der Waals surface area (Å²) < 4.78 is 5.38. The van der Waals surface area contributed by atoms with Gasteiger partial charge in [0, 0.05) is 38.0 Å². The zero-order valence-corrected chi connectivity index (χ0v) is 18.2. The molecule has 4 aromatic rings. The molecule has 1 saturated heterocycles. The molecule has 0 saturated carbocycles. The Morgan fingerprint density at radius 1 is 1.23 bits per heavy atom. The second kappa shape index (κ2) is 8.60. The van der Waals surface area contributed by atoms with E-state index in [4.69, 9.17) is 4.52 Å². The Kier molecular flexibility index (Phi) is 5.52. The molecular formula is C22H24N6O2S. The van der Waals surface area contributed by atoms with Crippen molar-refractivity contribution in [2.45, 2.75) is 19.8 Å². The first kappa shape index (κ1) is 19.9. The zero-order valence-electron chi connectivity index (χ0n) is 17.4. The molecule has 4 heterocycles. The number of carbonyl (C=O) groups is 1. The molecule has 3 aromatic heterocycles. The topological polar surface area (TPSA) is 91.2 Å². The number of amides is 1. The molecule has 0 spiro atoms. The fourth-order valence-corrected chi connectivity index (χ4v) is 4.58. The molecule has 1 fully saturated rings. The van der Waals surface area contributed by atoms with Crippen LogP contribution in [0.1, 0.15) is 28.4 Å². The average molecular weight is 437 g/mol. The number of benzene rings is 1. The predicted molar refractivity (Wildman–Crippen MR) is 119 cm³/mol. The Labute approximate surface area is 183 Å². The first-order valence-corrected chi connectivity index (χ1v) is 11.4. The number of thiophene rings is 1. The molecule has 5 rings (SSSR count). The molecule has 0 bridgehead atoms. The molecule has 1 aromatic carbocycles. The molecule has 1 aliphatic rings. The smallest absolute Gasteiger partial charge is 0.275 e. The lowest BCUT2D eigenvalue weighted by Gasteiger charge is -2.34. The molecule has 1 amide bonds. The highest BCUT2D eigenvalue weighted by molar-refractivity contribution is 7.13. The van der Waals surface area contributed by atoms with E-state index in [0.29, 0.717) is 30.5 Å². The Bertz CT molecular complexity index is 1170. The molecule has 1 aliphatic heterocycles. The minimum absolute atomic E-state index is 0.00321. The second-order valence-electron chi connectivity index (χ2n) is 7.85. The van der Waals surface area contributed by atoms with Gasteiger partial charge in [-0.2, -0.15) is 10.1 Å². The second-order valence-corrected chi connectivity index (χ2v) is 8.80. The highest BCUT2D eigenvalue weighted by Gasteiger charge is 2.25. The molecule has 0 aliphatic carbocycles. The molecule has 1 N–H and O–H groups in total. The summed E-state index contributed by atoms with van der Waals surface area (Å²) in [6.07, 6.45) is 1.71. The molecular weight excluding hydrogens is 412 g/mol. The van der Waals surface area contributed by atoms with E-state index in [1.54, 1.807) is 11.3 Å². The summed E-state index contributed by atoms with van der Waals surface area (Å²) in [5.41, 5.74) is 2.54. The predicted octanol–water partition coefficient (Wildman–Crippen LogP) is 3.37. The summed E-state index contributed by atoms with van der Waals surface area (Å²) in [4.78, 5) is 22.8. The van der Waals surface area contributed by atoms with E-state index < -0.39 is 0 Å². The molecule has 0 unspecified atom stereocenters. The van der Waals surface area contributed by atoms with Crippen LogP contribution in [0, 0.1) is 6.92 Å². The number of hydrogen-bond donors (Lipinski definition) is 1. The van der Waals surface area contributed by atoms with E-state index in [1.807, 2.05) is 47.5 Å². The number of nitrogens with zero attached hydrogens (tertiary/aromatic N) is 5. The number of aryl methyl sites for hydroxylation is 2. The van der Waals surface area contributed by atoms with Crippen molar-refractivity contribution in [3.8, 4) is 10.7 Å². The SMILES string of the molecule is Cc1ccc2[nH]nc(C(=O)N3CCN(CCCc4nc(-c5cccs5)no4)CC3)c2c1. The fraction of sp³-hybridized carbons (Fsp3) is 0.364. The molecule has 31 heavy (non-hydrogen) atoms. The number of piperazine rings is 1. The Morgan fingerprint density at radius 3 is 2.90 bits per heavy atom. The van der Waals surface area contributed by atoms with Gasteiger partial charge < -0.3 is 9.42 Å². The van der Waals surface area contributed by atoms with Crippen LogP contribution in [-0.2, 0) is 6.42 Å². The number of hydrogen-bond acceptors (Lipinski definition) is 7. The normalized spacial score (nSPS) is 15.1. The number of fused-ring (bicyclic) bond motifs is 1. The van der Waals surface area contributed by atoms with E-state index in [2.05, 4.69) is 25.2 Å². The van der Waals surface area contributed by atoms with Crippen LogP contribution in [0.5, 0.6) is 0 Å². The van der Waals surface area contributed by atoms with Crippen LogP contribution in [0.2, 0.25) is 0 Å². The van der Waals surface area contributed by atoms with Crippen molar-refractivity contribution in [3.05, 3.63) is 52.9 Å². The van der Waals surface area contributed by atoms with Gasteiger partial charge in [-0.15, -0.1) is 11.3 Å². The molecule has 8 nitrogen and oxygen atoms in total. The first-order valence-electron chi connectivity index (χ1n) is 10.5. The van der Waals surface area contributed by atoms with Crippen LogP contribution in [0.15, 0.2) is 40.2 Å². The monoisotopic (exact) mass is 436 g/mol. The van der Waals surface area contributed by atoms with Gasteiger partial charge in [-0.1, -0.05) is 22.9 Å². The Morgan fingerprint density at radius 2 is 2.10 bits per heavy atom. The molecule has 0 radical (unpaired) electrons. The van der Waals surface area contributed by atoms with Gasteiger partial charge in [0.25, 0.3) is 5.91 Å². The zero-order chi connectivity index (χ0) is 21.2. The maximum Gasteiger partial charge on any atom is 0.275 e. The average Bonchev–Trinajstić information content (AvgIpc) is 3.54. The van der Waals surface area contributed by atoms with E-state index >= 15 is 0 Å². The third kappa shape index (κ3) is 4.24. The lowest BCUT2D eigenvalue weighted by Crippen LogP contribution is -2.49. The minimum Gasteiger partial charge on any atom is -0.339 e. The number of aromatic amines is 1. The summed E-state index contributed by atoms with van der Waals surface area (Å²) in [6.45, 7) is 6.11. The maximum atomic E-state index is 13.0. The van der Waals surface area contributed by atoms with E-state index in [1.165, 1.54) is 0 Å². The Hall–Kier alpha value is -3.04. The minimum atomic E-state index is 0.00321. The van der Waals surface area contributed by atoms with Crippen LogP contribution >= 0.6 is 11.3 Å². The van der Waals surface area contributed by atoms with E-state index in [0.717, 1.165) is 53.8 Å². The molecule has 0 atom stereocenters. The quantitative estimate of drug-likeness (QED) is 0.498. The maximum absolute atomic E-state index is 13.0. The van der Waals surface area contributed by atoms with Gasteiger partial charge in [0.2, 0.25) is 11.7 Å². The van der Waals surface area contributed by atoms with Crippen molar-refractivity contribution in [1.29, 1.82) is 0 Å². The molecule has 160 valence electrons. The largest absolute Gasteiger partial charge is 0.339 e. The van der Waals surface area contributed by atoms with Crippen molar-refractivity contribution < 1.29 is 9.32 Å². The van der Waals surface area contributed by atoms with Crippen LogP contribution in [0.25, 0.3) is 21.6 Å². The van der Waals surface area contributed by atoms with Gasteiger partial charge in [-0.25, -0.2) is 0 Å². The van der Waals surface area contributed by atoms with Crippen molar-refractivity contribution in [2.75, 3.05) is 32.7 Å². The summed E-state index contributed by atoms with van der Waals surface area (Å²) >= 11 is 1.61. The summed E-state index contributed by atoms with van der Waals surface area (Å²) in [5.74, 6) is 1.35. The van der Waals surface area contributed by atoms with Crippen LogP contribution < -0.4 is 0 Å². The standard InChI is InChI=1S/C22H24N6O2S/c1-15-6-7-17-16(14-15)20(25-24-17)22(29)28-11-9-27(10-12-28)8-2-5-19-23-21(26-30-19)18-4-3-13-31-18/h3-4,6-7,13-14H,2,5,8-12H2,1H3,(H,24,25). The van der Waals surface area contributed by atoms with Gasteiger partial charge in [0.15, 0.2) is 5.69 Å². The third-order valence-electron chi connectivity index (χ3n) is 5.66. The van der Waals surface area contributed by atoms with Gasteiger partial charge in [-0.3, -0.25) is 14.8 Å². The summed E-state index contributed by atoms with van der Waals surface area (Å²) in [5, 5.41) is 14.2. The first-order chi connectivity index (χ1) is 15.2. The Balaban J connectivity index is 1.11. The van der Waals surface area contributed by atoms with Crippen molar-refractivity contribution in [3.63, 3.8) is 0 Å².